The van der Waals surface area contributed by atoms with Crippen LogP contribution in [0.25, 0.3) is 0 Å². The van der Waals surface area contributed by atoms with Gasteiger partial charge in [-0.2, -0.15) is 13.2 Å². The molecular weight excluding hydrogens is 625 g/mol. The van der Waals surface area contributed by atoms with Crippen molar-refractivity contribution in [2.75, 3.05) is 50.1 Å². The number of amides is 2. The maximum atomic E-state index is 13.4. The first-order valence-corrected chi connectivity index (χ1v) is 17.8. The van der Waals surface area contributed by atoms with Crippen molar-refractivity contribution in [3.05, 3.63) is 28.8 Å². The lowest BCUT2D eigenvalue weighted by atomic mass is 9.79. The summed E-state index contributed by atoms with van der Waals surface area (Å²) >= 11 is 0. The third kappa shape index (κ3) is 9.07. The number of hydrogen-bond donors (Lipinski definition) is 2. The summed E-state index contributed by atoms with van der Waals surface area (Å²) in [5.74, 6) is 0.179. The molecule has 1 saturated heterocycles. The average Bonchev–Trinajstić information content (AvgIpc) is 3.30. The molecule has 0 atom stereocenters. The Bertz CT molecular complexity index is 1360. The van der Waals surface area contributed by atoms with E-state index < -0.39 is 28.2 Å². The number of aliphatic hydroxyl groups excluding tert-OH is 1. The minimum Gasteiger partial charge on any atom is -0.394 e. The number of sulfonamides is 1. The highest BCUT2D eigenvalue weighted by Gasteiger charge is 2.48. The lowest BCUT2D eigenvalue weighted by Crippen LogP contribution is -2.51. The Morgan fingerprint density at radius 1 is 1.13 bits per heavy atom. The fourth-order valence-corrected chi connectivity index (χ4v) is 8.43. The number of anilines is 1. The van der Waals surface area contributed by atoms with Gasteiger partial charge in [-0.15, -0.1) is 0 Å². The van der Waals surface area contributed by atoms with E-state index in [0.29, 0.717) is 50.2 Å². The normalized spacial score (nSPS) is 22.2. The first kappa shape index (κ1) is 36.3. The number of aliphatic imine (C=N–C) groups is 1. The van der Waals surface area contributed by atoms with Crippen molar-refractivity contribution < 1.29 is 41.0 Å². The largest absolute Gasteiger partial charge is 0.394 e. The molecule has 0 unspecified atom stereocenters. The first-order chi connectivity index (χ1) is 21.6. The Labute approximate surface area is 269 Å². The van der Waals surface area contributed by atoms with Gasteiger partial charge in [-0.25, -0.2) is 12.7 Å². The Morgan fingerprint density at radius 2 is 1.76 bits per heavy atom. The third-order valence-corrected chi connectivity index (χ3v) is 11.6. The van der Waals surface area contributed by atoms with E-state index in [1.807, 2.05) is 26.0 Å². The van der Waals surface area contributed by atoms with Crippen molar-refractivity contribution in [1.82, 2.24) is 9.62 Å². The fourth-order valence-electron chi connectivity index (χ4n) is 6.97. The Hall–Kier alpha value is -2.55. The molecule has 14 heteroatoms. The number of carbonyl (C=O) groups excluding carboxylic acids is 2. The van der Waals surface area contributed by atoms with Crippen LogP contribution < -0.4 is 10.2 Å². The van der Waals surface area contributed by atoms with E-state index in [0.717, 1.165) is 16.7 Å². The van der Waals surface area contributed by atoms with Crippen molar-refractivity contribution in [2.45, 2.75) is 90.3 Å². The monoisotopic (exact) mass is 672 g/mol. The zero-order chi connectivity index (χ0) is 33.7. The number of benzene rings is 1. The number of nitrogens with one attached hydrogen (secondary N) is 1. The van der Waals surface area contributed by atoms with Gasteiger partial charge in [0.25, 0.3) is 5.91 Å². The molecule has 258 valence electrons. The number of nitrogens with zero attached hydrogens (tertiary/aromatic N) is 3. The quantitative estimate of drug-likeness (QED) is 0.305. The van der Waals surface area contributed by atoms with Crippen LogP contribution in [0.2, 0.25) is 0 Å². The van der Waals surface area contributed by atoms with Gasteiger partial charge in [0, 0.05) is 44.6 Å². The second-order valence-electron chi connectivity index (χ2n) is 12.9. The molecule has 1 spiro atoms. The number of alkyl halides is 3. The lowest BCUT2D eigenvalue weighted by Gasteiger charge is -2.35. The van der Waals surface area contributed by atoms with E-state index in [-0.39, 0.29) is 81.6 Å². The molecule has 2 aliphatic heterocycles. The van der Waals surface area contributed by atoms with Crippen LogP contribution in [0.4, 0.5) is 18.9 Å². The van der Waals surface area contributed by atoms with Gasteiger partial charge < -0.3 is 20.1 Å². The number of aryl methyl sites for hydroxylation is 2. The fraction of sp³-hybridized carbons (Fsp3) is 0.719. The van der Waals surface area contributed by atoms with E-state index in [9.17, 15) is 31.2 Å². The highest BCUT2D eigenvalue weighted by atomic mass is 32.2. The molecule has 0 aromatic heterocycles. The zero-order valence-corrected chi connectivity index (χ0v) is 27.8. The van der Waals surface area contributed by atoms with E-state index >= 15 is 0 Å². The highest BCUT2D eigenvalue weighted by Crippen LogP contribution is 2.38. The molecule has 1 aromatic rings. The molecular formula is C32H47F3N4O6S. The van der Waals surface area contributed by atoms with Gasteiger partial charge in [0.05, 0.1) is 25.6 Å². The Kier molecular flexibility index (Phi) is 11.9. The maximum absolute atomic E-state index is 13.4. The minimum absolute atomic E-state index is 0.00668. The topological polar surface area (TPSA) is 129 Å². The summed E-state index contributed by atoms with van der Waals surface area (Å²) in [5.41, 5.74) is 2.36. The van der Waals surface area contributed by atoms with Crippen LogP contribution >= 0.6 is 0 Å². The van der Waals surface area contributed by atoms with E-state index in [2.05, 4.69) is 5.32 Å². The second-order valence-corrected chi connectivity index (χ2v) is 15.0. The number of halogens is 3. The molecule has 46 heavy (non-hydrogen) atoms. The SMILES string of the molecule is CC(=O)N(CCOCCO)c1cc(C)c(CCS(=O)(=O)N2CCC3(CC2)N=C(C2CCC(CCC(F)(F)F)CC2)NC3=O)c(C)c1. The minimum atomic E-state index is -4.14. The molecule has 1 saturated carbocycles. The van der Waals surface area contributed by atoms with Gasteiger partial charge in [0.15, 0.2) is 0 Å². The summed E-state index contributed by atoms with van der Waals surface area (Å²) in [4.78, 5) is 31.8. The van der Waals surface area contributed by atoms with Gasteiger partial charge in [-0.3, -0.25) is 14.6 Å². The Morgan fingerprint density at radius 3 is 2.33 bits per heavy atom. The van der Waals surface area contributed by atoms with Gasteiger partial charge in [-0.1, -0.05) is 0 Å². The summed E-state index contributed by atoms with van der Waals surface area (Å²) in [6.45, 7) is 6.32. The van der Waals surface area contributed by atoms with E-state index in [1.165, 1.54) is 11.2 Å². The summed E-state index contributed by atoms with van der Waals surface area (Å²) in [7, 11) is -3.62. The van der Waals surface area contributed by atoms with Crippen LogP contribution in [0.3, 0.4) is 0 Å². The lowest BCUT2D eigenvalue weighted by molar-refractivity contribution is -0.138. The smallest absolute Gasteiger partial charge is 0.389 e. The predicted molar refractivity (Wildman–Crippen MR) is 169 cm³/mol. The molecule has 2 fully saturated rings. The number of piperidine rings is 1. The molecule has 0 bridgehead atoms. The van der Waals surface area contributed by atoms with Crippen LogP contribution in [0.1, 0.15) is 75.0 Å². The maximum Gasteiger partial charge on any atom is 0.389 e. The summed E-state index contributed by atoms with van der Waals surface area (Å²) in [6.07, 6.45) is -1.21. The molecule has 1 aromatic carbocycles. The molecule has 2 amide bonds. The zero-order valence-electron chi connectivity index (χ0n) is 27.0. The summed E-state index contributed by atoms with van der Waals surface area (Å²) in [5, 5.41) is 11.8. The molecule has 10 nitrogen and oxygen atoms in total. The molecule has 4 rings (SSSR count). The van der Waals surface area contributed by atoms with Crippen molar-refractivity contribution in [3.8, 4) is 0 Å². The molecule has 1 aliphatic carbocycles. The summed E-state index contributed by atoms with van der Waals surface area (Å²) in [6, 6.07) is 3.74. The van der Waals surface area contributed by atoms with Gasteiger partial charge in [0.2, 0.25) is 15.9 Å². The third-order valence-electron chi connectivity index (χ3n) is 9.69. The van der Waals surface area contributed by atoms with Crippen molar-refractivity contribution in [1.29, 1.82) is 0 Å². The number of carbonyl (C=O) groups is 2. The van der Waals surface area contributed by atoms with Crippen molar-refractivity contribution >= 4 is 33.4 Å². The van der Waals surface area contributed by atoms with Crippen LogP contribution in [0.15, 0.2) is 17.1 Å². The number of rotatable bonds is 13. The molecule has 3 aliphatic rings. The van der Waals surface area contributed by atoms with E-state index in [4.69, 9.17) is 14.8 Å². The summed E-state index contributed by atoms with van der Waals surface area (Å²) < 4.78 is 71.4. The second kappa shape index (κ2) is 15.1. The van der Waals surface area contributed by atoms with Crippen molar-refractivity contribution in [3.63, 3.8) is 0 Å². The van der Waals surface area contributed by atoms with Crippen LogP contribution in [-0.2, 0) is 30.8 Å². The highest BCUT2D eigenvalue weighted by molar-refractivity contribution is 7.89. The van der Waals surface area contributed by atoms with Gasteiger partial charge in [0.1, 0.15) is 11.4 Å². The first-order valence-electron chi connectivity index (χ1n) is 16.2. The van der Waals surface area contributed by atoms with Crippen LogP contribution in [0, 0.1) is 25.7 Å². The van der Waals surface area contributed by atoms with Gasteiger partial charge in [-0.05, 0) is 100.0 Å². The number of hydrogen-bond acceptors (Lipinski definition) is 7. The molecule has 2 N–H and O–H groups in total. The van der Waals surface area contributed by atoms with Crippen LogP contribution in [0.5, 0.6) is 0 Å². The number of amidine groups is 1. The predicted octanol–water partition coefficient (Wildman–Crippen LogP) is 4.05. The van der Waals surface area contributed by atoms with Crippen LogP contribution in [-0.4, -0.2) is 92.4 Å². The standard InChI is InChI=1S/C32H47F3N4O6S/c1-22-20-27(39(24(3)41)15-17-45-18-16-40)21-23(2)28(22)9-19-46(43,44)38-13-11-31(12-14-38)30(42)36-29(37-31)26-6-4-25(5-7-26)8-10-32(33,34)35/h20-21,25-26,40H,4-19H2,1-3H3,(H,36,37,42). The van der Waals surface area contributed by atoms with Gasteiger partial charge >= 0.3 is 6.18 Å². The molecule has 0 radical (unpaired) electrons. The molecule has 2 heterocycles. The number of ether oxygens (including phenoxy) is 1. The number of aliphatic hydroxyl groups is 1. The average molecular weight is 673 g/mol. The van der Waals surface area contributed by atoms with Crippen molar-refractivity contribution in [2.24, 2.45) is 16.8 Å². The Balaban J connectivity index is 1.32. The van der Waals surface area contributed by atoms with E-state index in [1.54, 1.807) is 4.90 Å².